The smallest absolute Gasteiger partial charge is 0.233 e. The fourth-order valence-electron chi connectivity index (χ4n) is 1.64. The van der Waals surface area contributed by atoms with Crippen molar-refractivity contribution in [3.8, 4) is 0 Å². The van der Waals surface area contributed by atoms with Gasteiger partial charge in [0.2, 0.25) is 5.91 Å². The molecule has 0 N–H and O–H groups in total. The van der Waals surface area contributed by atoms with E-state index in [1.165, 1.54) is 11.3 Å². The molecule has 0 bridgehead atoms. The van der Waals surface area contributed by atoms with Crippen LogP contribution in [0.25, 0.3) is 10.2 Å². The van der Waals surface area contributed by atoms with Crippen LogP contribution < -0.4 is 0 Å². The first-order chi connectivity index (χ1) is 7.59. The minimum atomic E-state index is 0.0949. The molecule has 16 heavy (non-hydrogen) atoms. The summed E-state index contributed by atoms with van der Waals surface area (Å²) in [6, 6.07) is 7.84. The number of carbonyl (C=O) groups is 1. The highest BCUT2D eigenvalue weighted by atomic mass is 32.1. The topological polar surface area (TPSA) is 22.0 Å². The van der Waals surface area contributed by atoms with Crippen molar-refractivity contribution in [3.05, 3.63) is 28.2 Å². The lowest BCUT2D eigenvalue weighted by molar-refractivity contribution is 0.0891. The molecule has 0 aliphatic carbocycles. The Bertz CT molecular complexity index is 580. The van der Waals surface area contributed by atoms with E-state index >= 15 is 0 Å². The van der Waals surface area contributed by atoms with Crippen molar-refractivity contribution in [2.45, 2.75) is 20.3 Å². The Morgan fingerprint density at radius 3 is 2.81 bits per heavy atom. The summed E-state index contributed by atoms with van der Waals surface area (Å²) >= 11 is 6.73. The number of hydrogen-bond donors (Lipinski definition) is 0. The van der Waals surface area contributed by atoms with Gasteiger partial charge in [-0.15, -0.1) is 11.3 Å². The van der Waals surface area contributed by atoms with Crippen LogP contribution in [0.1, 0.15) is 25.1 Å². The molecule has 2 nitrogen and oxygen atoms in total. The van der Waals surface area contributed by atoms with Crippen LogP contribution in [0.2, 0.25) is 0 Å². The Labute approximate surface area is 104 Å². The molecule has 0 saturated carbocycles. The van der Waals surface area contributed by atoms with Crippen molar-refractivity contribution in [2.75, 3.05) is 0 Å². The molecule has 84 valence electrons. The number of carbonyl (C=O) groups excluding carboxylic acids is 1. The van der Waals surface area contributed by atoms with E-state index in [2.05, 4.69) is 0 Å². The Balaban J connectivity index is 2.55. The summed E-state index contributed by atoms with van der Waals surface area (Å²) in [4.78, 5) is 12.1. The lowest BCUT2D eigenvalue weighted by atomic mass is 10.1. The van der Waals surface area contributed by atoms with Gasteiger partial charge in [-0.1, -0.05) is 26.0 Å². The highest BCUT2D eigenvalue weighted by Crippen LogP contribution is 2.23. The van der Waals surface area contributed by atoms with Crippen LogP contribution in [0.3, 0.4) is 0 Å². The fourth-order valence-corrected chi connectivity index (χ4v) is 3.00. The number of para-hydroxylation sites is 1. The highest BCUT2D eigenvalue weighted by molar-refractivity contribution is 7.73. The van der Waals surface area contributed by atoms with Gasteiger partial charge in [0.05, 0.1) is 10.2 Å². The van der Waals surface area contributed by atoms with Crippen molar-refractivity contribution in [1.82, 2.24) is 4.57 Å². The van der Waals surface area contributed by atoms with Crippen LogP contribution >= 0.6 is 23.6 Å². The monoisotopic (exact) mass is 251 g/mol. The molecule has 2 aromatic rings. The van der Waals surface area contributed by atoms with Crippen LogP contribution in [0.4, 0.5) is 0 Å². The first kappa shape index (κ1) is 11.5. The number of hydrogen-bond acceptors (Lipinski definition) is 3. The Hall–Kier alpha value is -1.00. The summed E-state index contributed by atoms with van der Waals surface area (Å²) in [6.45, 7) is 4.08. The number of thiazole rings is 1. The van der Waals surface area contributed by atoms with Crippen molar-refractivity contribution in [1.29, 1.82) is 0 Å². The minimum absolute atomic E-state index is 0.0949. The van der Waals surface area contributed by atoms with Gasteiger partial charge in [0.15, 0.2) is 3.95 Å². The predicted octanol–water partition coefficient (Wildman–Crippen LogP) is 4.12. The Kier molecular flexibility index (Phi) is 3.21. The molecular weight excluding hydrogens is 238 g/mol. The molecule has 0 fully saturated rings. The average Bonchev–Trinajstić information content (AvgIpc) is 2.52. The van der Waals surface area contributed by atoms with E-state index in [9.17, 15) is 4.79 Å². The summed E-state index contributed by atoms with van der Waals surface area (Å²) in [5.74, 6) is 0.450. The number of nitrogens with zero attached hydrogens (tertiary/aromatic N) is 1. The van der Waals surface area contributed by atoms with Gasteiger partial charge in [-0.25, -0.2) is 0 Å². The van der Waals surface area contributed by atoms with E-state index in [4.69, 9.17) is 12.2 Å². The number of fused-ring (bicyclic) bond motifs is 1. The third kappa shape index (κ3) is 2.08. The maximum atomic E-state index is 12.1. The lowest BCUT2D eigenvalue weighted by Gasteiger charge is -2.05. The normalized spacial score (nSPS) is 11.2. The number of benzene rings is 1. The van der Waals surface area contributed by atoms with Crippen molar-refractivity contribution < 1.29 is 4.79 Å². The minimum Gasteiger partial charge on any atom is -0.274 e. The van der Waals surface area contributed by atoms with Crippen LogP contribution in [0, 0.1) is 9.87 Å². The van der Waals surface area contributed by atoms with Gasteiger partial charge in [-0.3, -0.25) is 9.36 Å². The standard InChI is InChI=1S/C12H13NOS2/c1-8(2)7-11(14)13-9-5-3-4-6-10(9)16-12(13)15/h3-6,8H,7H2,1-2H3. The van der Waals surface area contributed by atoms with Gasteiger partial charge in [0.25, 0.3) is 0 Å². The van der Waals surface area contributed by atoms with Gasteiger partial charge in [0.1, 0.15) is 0 Å². The van der Waals surface area contributed by atoms with Crippen LogP contribution in [-0.4, -0.2) is 10.5 Å². The van der Waals surface area contributed by atoms with E-state index in [1.807, 2.05) is 38.1 Å². The Morgan fingerprint density at radius 2 is 2.12 bits per heavy atom. The summed E-state index contributed by atoms with van der Waals surface area (Å²) in [5.41, 5.74) is 0.933. The van der Waals surface area contributed by atoms with E-state index in [0.717, 1.165) is 10.2 Å². The van der Waals surface area contributed by atoms with Crippen molar-refractivity contribution in [3.63, 3.8) is 0 Å². The molecule has 0 aliphatic rings. The van der Waals surface area contributed by atoms with Gasteiger partial charge >= 0.3 is 0 Å². The zero-order valence-electron chi connectivity index (χ0n) is 9.27. The zero-order valence-corrected chi connectivity index (χ0v) is 10.9. The highest BCUT2D eigenvalue weighted by Gasteiger charge is 2.12. The zero-order chi connectivity index (χ0) is 11.7. The Morgan fingerprint density at radius 1 is 1.44 bits per heavy atom. The average molecular weight is 251 g/mol. The largest absolute Gasteiger partial charge is 0.274 e. The third-order valence-electron chi connectivity index (χ3n) is 2.32. The maximum absolute atomic E-state index is 12.1. The van der Waals surface area contributed by atoms with Crippen LogP contribution in [-0.2, 0) is 0 Å². The molecule has 1 aromatic carbocycles. The van der Waals surface area contributed by atoms with E-state index in [1.54, 1.807) is 4.57 Å². The summed E-state index contributed by atoms with van der Waals surface area (Å²) in [7, 11) is 0. The predicted molar refractivity (Wildman–Crippen MR) is 70.7 cm³/mol. The molecule has 0 aliphatic heterocycles. The van der Waals surface area contributed by atoms with E-state index in [0.29, 0.717) is 16.3 Å². The number of aromatic nitrogens is 1. The molecule has 0 spiro atoms. The van der Waals surface area contributed by atoms with Gasteiger partial charge in [-0.05, 0) is 30.3 Å². The van der Waals surface area contributed by atoms with Gasteiger partial charge in [-0.2, -0.15) is 0 Å². The summed E-state index contributed by atoms with van der Waals surface area (Å²) in [5, 5.41) is 0. The van der Waals surface area contributed by atoms with E-state index < -0.39 is 0 Å². The molecule has 0 atom stereocenters. The molecule has 1 aromatic heterocycles. The van der Waals surface area contributed by atoms with Gasteiger partial charge in [0, 0.05) is 6.42 Å². The summed E-state index contributed by atoms with van der Waals surface area (Å²) < 4.78 is 3.38. The molecule has 0 saturated heterocycles. The lowest BCUT2D eigenvalue weighted by Crippen LogP contribution is -2.12. The SMILES string of the molecule is CC(C)CC(=O)n1c(=S)sc2ccccc21. The fraction of sp³-hybridized carbons (Fsp3) is 0.333. The third-order valence-corrected chi connectivity index (χ3v) is 3.67. The maximum Gasteiger partial charge on any atom is 0.233 e. The molecule has 2 rings (SSSR count). The molecule has 1 heterocycles. The van der Waals surface area contributed by atoms with Crippen LogP contribution in [0.15, 0.2) is 24.3 Å². The molecule has 0 amide bonds. The first-order valence-corrected chi connectivity index (χ1v) is 6.46. The van der Waals surface area contributed by atoms with Crippen molar-refractivity contribution in [2.24, 2.45) is 5.92 Å². The quantitative estimate of drug-likeness (QED) is 0.749. The summed E-state index contributed by atoms with van der Waals surface area (Å²) in [6.07, 6.45) is 0.537. The molecular formula is C12H13NOS2. The molecule has 4 heteroatoms. The second-order valence-electron chi connectivity index (χ2n) is 4.16. The van der Waals surface area contributed by atoms with Crippen molar-refractivity contribution >= 4 is 39.7 Å². The second-order valence-corrected chi connectivity index (χ2v) is 5.84. The first-order valence-electron chi connectivity index (χ1n) is 5.23. The van der Waals surface area contributed by atoms with E-state index in [-0.39, 0.29) is 5.91 Å². The van der Waals surface area contributed by atoms with Gasteiger partial charge < -0.3 is 0 Å². The van der Waals surface area contributed by atoms with Crippen LogP contribution in [0.5, 0.6) is 0 Å². The number of rotatable bonds is 2. The second kappa shape index (κ2) is 4.47. The molecule has 0 radical (unpaired) electrons. The molecule has 0 unspecified atom stereocenters.